The molecule has 0 unspecified atom stereocenters. The van der Waals surface area contributed by atoms with Crippen LogP contribution in [0.4, 0.5) is 0 Å². The van der Waals surface area contributed by atoms with E-state index in [4.69, 9.17) is 9.26 Å². The number of nitrogens with one attached hydrogen (secondary N) is 1. The largest absolute Gasteiger partial charge is 0.381 e. The molecule has 0 bridgehead atoms. The van der Waals surface area contributed by atoms with Gasteiger partial charge in [-0.1, -0.05) is 5.16 Å². The molecule has 0 radical (unpaired) electrons. The van der Waals surface area contributed by atoms with E-state index in [0.717, 1.165) is 38.6 Å². The van der Waals surface area contributed by atoms with Crippen LogP contribution in [0.2, 0.25) is 0 Å². The third-order valence-electron chi connectivity index (χ3n) is 2.70. The van der Waals surface area contributed by atoms with Crippen molar-refractivity contribution in [2.45, 2.75) is 19.3 Å². The minimum Gasteiger partial charge on any atom is -0.381 e. The number of rotatable bonds is 5. The Morgan fingerprint density at radius 1 is 1.40 bits per heavy atom. The highest BCUT2D eigenvalue weighted by atomic mass is 16.5. The Balaban J connectivity index is 1.54. The molecule has 0 aromatic carbocycles. The molecule has 1 aliphatic rings. The maximum Gasteiger partial charge on any atom is 0.227 e. The molecule has 5 nitrogen and oxygen atoms in total. The van der Waals surface area contributed by atoms with Gasteiger partial charge in [-0.05, 0) is 25.3 Å². The van der Waals surface area contributed by atoms with Crippen molar-refractivity contribution in [3.63, 3.8) is 0 Å². The highest BCUT2D eigenvalue weighted by Crippen LogP contribution is 2.12. The van der Waals surface area contributed by atoms with Gasteiger partial charge in [0.05, 0.1) is 0 Å². The van der Waals surface area contributed by atoms with Crippen molar-refractivity contribution in [1.29, 1.82) is 0 Å². The average molecular weight is 211 g/mol. The Hall–Kier alpha value is -0.940. The molecular weight excluding hydrogens is 194 g/mol. The number of hydrogen-bond acceptors (Lipinski definition) is 5. The molecule has 1 N–H and O–H groups in total. The van der Waals surface area contributed by atoms with Gasteiger partial charge in [0.1, 0.15) is 0 Å². The lowest BCUT2D eigenvalue weighted by Crippen LogP contribution is -2.29. The van der Waals surface area contributed by atoms with E-state index in [1.807, 2.05) is 0 Å². The van der Waals surface area contributed by atoms with E-state index in [9.17, 15) is 0 Å². The fraction of sp³-hybridized carbons (Fsp3) is 0.800. The normalized spacial score (nSPS) is 18.1. The van der Waals surface area contributed by atoms with Crippen molar-refractivity contribution < 1.29 is 9.26 Å². The summed E-state index contributed by atoms with van der Waals surface area (Å²) in [4.78, 5) is 3.96. The van der Waals surface area contributed by atoms with Crippen LogP contribution in [-0.2, 0) is 11.2 Å². The zero-order valence-electron chi connectivity index (χ0n) is 8.82. The molecule has 2 rings (SSSR count). The second-order valence-electron chi connectivity index (χ2n) is 3.84. The van der Waals surface area contributed by atoms with E-state index in [0.29, 0.717) is 5.89 Å². The molecule has 1 saturated heterocycles. The van der Waals surface area contributed by atoms with Crippen LogP contribution in [0.25, 0.3) is 0 Å². The second-order valence-corrected chi connectivity index (χ2v) is 3.84. The van der Waals surface area contributed by atoms with E-state index in [-0.39, 0.29) is 0 Å². The SMILES string of the molecule is c1noc(CCNCC2CCOCC2)n1. The van der Waals surface area contributed by atoms with Crippen LogP contribution in [0.3, 0.4) is 0 Å². The fourth-order valence-corrected chi connectivity index (χ4v) is 1.76. The highest BCUT2D eigenvalue weighted by Gasteiger charge is 2.12. The summed E-state index contributed by atoms with van der Waals surface area (Å²) in [5.41, 5.74) is 0. The Morgan fingerprint density at radius 3 is 3.00 bits per heavy atom. The second kappa shape index (κ2) is 5.82. The van der Waals surface area contributed by atoms with Crippen molar-refractivity contribution in [3.8, 4) is 0 Å². The maximum absolute atomic E-state index is 5.30. The summed E-state index contributed by atoms with van der Waals surface area (Å²) in [6, 6.07) is 0. The lowest BCUT2D eigenvalue weighted by atomic mass is 10.0. The molecule has 1 fully saturated rings. The molecule has 0 atom stereocenters. The minimum absolute atomic E-state index is 0.703. The predicted molar refractivity (Wildman–Crippen MR) is 54.4 cm³/mol. The van der Waals surface area contributed by atoms with Crippen LogP contribution in [0.15, 0.2) is 10.9 Å². The zero-order chi connectivity index (χ0) is 10.3. The molecular formula is C10H17N3O2. The molecule has 0 spiro atoms. The molecule has 1 aromatic heterocycles. The summed E-state index contributed by atoms with van der Waals surface area (Å²) in [6.07, 6.45) is 4.60. The Labute approximate surface area is 89.2 Å². The van der Waals surface area contributed by atoms with Crippen molar-refractivity contribution in [3.05, 3.63) is 12.2 Å². The maximum atomic E-state index is 5.30. The van der Waals surface area contributed by atoms with Gasteiger partial charge >= 0.3 is 0 Å². The summed E-state index contributed by atoms with van der Waals surface area (Å²) >= 11 is 0. The van der Waals surface area contributed by atoms with E-state index < -0.39 is 0 Å². The first-order valence-electron chi connectivity index (χ1n) is 5.49. The van der Waals surface area contributed by atoms with Crippen molar-refractivity contribution in [1.82, 2.24) is 15.5 Å². The third kappa shape index (κ3) is 3.60. The van der Waals surface area contributed by atoms with Gasteiger partial charge in [-0.25, -0.2) is 0 Å². The van der Waals surface area contributed by atoms with Crippen LogP contribution in [-0.4, -0.2) is 36.4 Å². The van der Waals surface area contributed by atoms with Crippen LogP contribution in [0.1, 0.15) is 18.7 Å². The van der Waals surface area contributed by atoms with Gasteiger partial charge in [-0.2, -0.15) is 4.98 Å². The van der Waals surface area contributed by atoms with Crippen molar-refractivity contribution in [2.75, 3.05) is 26.3 Å². The van der Waals surface area contributed by atoms with Crippen molar-refractivity contribution in [2.24, 2.45) is 5.92 Å². The number of ether oxygens (including phenoxy) is 1. The molecule has 1 aromatic rings. The molecule has 5 heteroatoms. The third-order valence-corrected chi connectivity index (χ3v) is 2.70. The van der Waals surface area contributed by atoms with E-state index in [1.54, 1.807) is 0 Å². The van der Waals surface area contributed by atoms with Gasteiger partial charge in [-0.3, -0.25) is 0 Å². The van der Waals surface area contributed by atoms with Gasteiger partial charge in [0.25, 0.3) is 0 Å². The fourth-order valence-electron chi connectivity index (χ4n) is 1.76. The van der Waals surface area contributed by atoms with Gasteiger partial charge < -0.3 is 14.6 Å². The molecule has 1 aliphatic heterocycles. The van der Waals surface area contributed by atoms with Crippen LogP contribution in [0, 0.1) is 5.92 Å². The quantitative estimate of drug-likeness (QED) is 0.724. The molecule has 2 heterocycles. The van der Waals surface area contributed by atoms with Crippen LogP contribution >= 0.6 is 0 Å². The monoisotopic (exact) mass is 211 g/mol. The standard InChI is InChI=1S/C10H17N3O2/c1(10-12-8-13-15-10)4-11-7-9-2-5-14-6-3-9/h8-9,11H,1-7H2. The summed E-state index contributed by atoms with van der Waals surface area (Å²) in [5, 5.41) is 6.97. The summed E-state index contributed by atoms with van der Waals surface area (Å²) < 4.78 is 10.2. The zero-order valence-corrected chi connectivity index (χ0v) is 8.82. The number of aromatic nitrogens is 2. The average Bonchev–Trinajstić information content (AvgIpc) is 2.79. The van der Waals surface area contributed by atoms with E-state index in [1.165, 1.54) is 19.2 Å². The first kappa shape index (κ1) is 10.6. The van der Waals surface area contributed by atoms with E-state index >= 15 is 0 Å². The first-order valence-corrected chi connectivity index (χ1v) is 5.49. The van der Waals surface area contributed by atoms with Crippen LogP contribution in [0.5, 0.6) is 0 Å². The van der Waals surface area contributed by atoms with Gasteiger partial charge in [-0.15, -0.1) is 0 Å². The summed E-state index contributed by atoms with van der Waals surface area (Å²) in [5.74, 6) is 1.47. The molecule has 15 heavy (non-hydrogen) atoms. The van der Waals surface area contributed by atoms with Gasteiger partial charge in [0.15, 0.2) is 6.33 Å². The highest BCUT2D eigenvalue weighted by molar-refractivity contribution is 4.75. The lowest BCUT2D eigenvalue weighted by molar-refractivity contribution is 0.0663. The smallest absolute Gasteiger partial charge is 0.227 e. The predicted octanol–water partition coefficient (Wildman–Crippen LogP) is 0.628. The van der Waals surface area contributed by atoms with E-state index in [2.05, 4.69) is 15.5 Å². The molecule has 0 amide bonds. The molecule has 0 saturated carbocycles. The lowest BCUT2D eigenvalue weighted by Gasteiger charge is -2.22. The minimum atomic E-state index is 0.703. The van der Waals surface area contributed by atoms with Gasteiger partial charge in [0, 0.05) is 26.2 Å². The summed E-state index contributed by atoms with van der Waals surface area (Å²) in [7, 11) is 0. The Kier molecular flexibility index (Phi) is 4.11. The first-order chi connectivity index (χ1) is 7.45. The number of nitrogens with zero attached hydrogens (tertiary/aromatic N) is 2. The van der Waals surface area contributed by atoms with Gasteiger partial charge in [0.2, 0.25) is 5.89 Å². The van der Waals surface area contributed by atoms with Crippen molar-refractivity contribution >= 4 is 0 Å². The number of hydrogen-bond donors (Lipinski definition) is 1. The molecule has 84 valence electrons. The summed E-state index contributed by atoms with van der Waals surface area (Å²) in [6.45, 7) is 3.79. The Morgan fingerprint density at radius 2 is 2.27 bits per heavy atom. The Bertz CT molecular complexity index is 258. The topological polar surface area (TPSA) is 60.2 Å². The van der Waals surface area contributed by atoms with Crippen LogP contribution < -0.4 is 5.32 Å². The molecule has 0 aliphatic carbocycles.